The highest BCUT2D eigenvalue weighted by atomic mass is 16.6. The minimum absolute atomic E-state index is 0.0356. The summed E-state index contributed by atoms with van der Waals surface area (Å²) in [4.78, 5) is 24.6. The van der Waals surface area contributed by atoms with Gasteiger partial charge in [-0.3, -0.25) is 9.59 Å². The minimum atomic E-state index is -0.551. The number of para-hydroxylation sites is 1. The molecule has 2 aliphatic rings. The summed E-state index contributed by atoms with van der Waals surface area (Å²) < 4.78 is 22.3. The van der Waals surface area contributed by atoms with E-state index in [9.17, 15) is 14.7 Å². The molecule has 0 spiro atoms. The van der Waals surface area contributed by atoms with Crippen LogP contribution >= 0.6 is 0 Å². The summed E-state index contributed by atoms with van der Waals surface area (Å²) in [6.07, 6.45) is -0.555. The first kappa shape index (κ1) is 24.0. The Balaban J connectivity index is 1.42. The summed E-state index contributed by atoms with van der Waals surface area (Å²) in [6.45, 7) is 0.0968. The van der Waals surface area contributed by atoms with Crippen LogP contribution in [0.5, 0.6) is 11.5 Å². The van der Waals surface area contributed by atoms with Crippen molar-refractivity contribution < 1.29 is 33.6 Å². The first-order valence-electron chi connectivity index (χ1n) is 11.3. The third-order valence-corrected chi connectivity index (χ3v) is 6.14. The summed E-state index contributed by atoms with van der Waals surface area (Å²) >= 11 is 0. The number of benzene rings is 2. The van der Waals surface area contributed by atoms with Crippen molar-refractivity contribution in [3.63, 3.8) is 0 Å². The number of nitrogens with one attached hydrogen (secondary N) is 2. The van der Waals surface area contributed by atoms with E-state index in [1.807, 2.05) is 30.3 Å². The SMILES string of the molecule is COCC(=O)Nc1ccc2c(c1)[C@@H]1C[C@H](CC(=O)NCc3ccccc3OC)O[C@H](CO)[C@@H]1O2. The Hall–Kier alpha value is -3.14. The fourth-order valence-electron chi connectivity index (χ4n) is 4.62. The van der Waals surface area contributed by atoms with Crippen molar-refractivity contribution in [2.45, 2.75) is 43.6 Å². The zero-order valence-electron chi connectivity index (χ0n) is 19.3. The molecule has 2 amide bonds. The highest BCUT2D eigenvalue weighted by Crippen LogP contribution is 2.47. The van der Waals surface area contributed by atoms with Crippen LogP contribution in [0.25, 0.3) is 0 Å². The summed E-state index contributed by atoms with van der Waals surface area (Å²) in [5.74, 6) is 0.955. The Morgan fingerprint density at radius 3 is 2.74 bits per heavy atom. The Morgan fingerprint density at radius 1 is 1.15 bits per heavy atom. The van der Waals surface area contributed by atoms with Crippen LogP contribution < -0.4 is 20.1 Å². The zero-order valence-corrected chi connectivity index (χ0v) is 19.3. The van der Waals surface area contributed by atoms with Crippen molar-refractivity contribution in [1.82, 2.24) is 5.32 Å². The summed E-state index contributed by atoms with van der Waals surface area (Å²) in [7, 11) is 3.06. The largest absolute Gasteiger partial charge is 0.496 e. The van der Waals surface area contributed by atoms with Crippen molar-refractivity contribution >= 4 is 17.5 Å². The zero-order chi connectivity index (χ0) is 24.1. The predicted molar refractivity (Wildman–Crippen MR) is 124 cm³/mol. The van der Waals surface area contributed by atoms with Crippen LogP contribution in [0.2, 0.25) is 0 Å². The van der Waals surface area contributed by atoms with Gasteiger partial charge < -0.3 is 34.7 Å². The van der Waals surface area contributed by atoms with Crippen LogP contribution in [0.15, 0.2) is 42.5 Å². The van der Waals surface area contributed by atoms with E-state index in [0.29, 0.717) is 30.2 Å². The molecule has 2 heterocycles. The fraction of sp³-hybridized carbons (Fsp3) is 0.440. The van der Waals surface area contributed by atoms with Crippen LogP contribution in [-0.4, -0.2) is 62.7 Å². The highest BCUT2D eigenvalue weighted by molar-refractivity contribution is 5.92. The van der Waals surface area contributed by atoms with Crippen LogP contribution in [0, 0.1) is 0 Å². The molecule has 0 unspecified atom stereocenters. The van der Waals surface area contributed by atoms with Gasteiger partial charge in [-0.1, -0.05) is 18.2 Å². The molecule has 4 atom stereocenters. The molecule has 0 aliphatic carbocycles. The molecule has 3 N–H and O–H groups in total. The number of fused-ring (bicyclic) bond motifs is 3. The lowest BCUT2D eigenvalue weighted by Crippen LogP contribution is -2.47. The second kappa shape index (κ2) is 10.9. The monoisotopic (exact) mass is 470 g/mol. The quantitative estimate of drug-likeness (QED) is 0.513. The maximum atomic E-state index is 12.7. The second-order valence-corrected chi connectivity index (χ2v) is 8.43. The van der Waals surface area contributed by atoms with Crippen LogP contribution in [-0.2, 0) is 25.6 Å². The number of carbonyl (C=O) groups is 2. The van der Waals surface area contributed by atoms with Gasteiger partial charge in [-0.25, -0.2) is 0 Å². The standard InChI is InChI=1S/C25H30N2O7/c1-31-14-24(30)27-16-7-8-21-18(9-16)19-10-17(33-22(13-28)25(19)34-21)11-23(29)26-12-15-5-3-4-6-20(15)32-2/h3-9,17,19,22,25,28H,10-14H2,1-2H3,(H,26,29)(H,27,30)/t17-,19+,22-,25-/m1/s1. The first-order valence-corrected chi connectivity index (χ1v) is 11.3. The van der Waals surface area contributed by atoms with Gasteiger partial charge >= 0.3 is 0 Å². The number of amides is 2. The van der Waals surface area contributed by atoms with Crippen LogP contribution in [0.1, 0.15) is 29.9 Å². The lowest BCUT2D eigenvalue weighted by molar-refractivity contribution is -0.142. The van der Waals surface area contributed by atoms with Crippen molar-refractivity contribution in [2.24, 2.45) is 0 Å². The van der Waals surface area contributed by atoms with E-state index in [4.69, 9.17) is 18.9 Å². The van der Waals surface area contributed by atoms with Crippen LogP contribution in [0.4, 0.5) is 5.69 Å². The fourth-order valence-corrected chi connectivity index (χ4v) is 4.62. The van der Waals surface area contributed by atoms with E-state index in [0.717, 1.165) is 11.1 Å². The summed E-state index contributed by atoms with van der Waals surface area (Å²) in [5, 5.41) is 15.6. The topological polar surface area (TPSA) is 115 Å². The van der Waals surface area contributed by atoms with Gasteiger partial charge in [0, 0.05) is 36.4 Å². The van der Waals surface area contributed by atoms with Gasteiger partial charge in [0.1, 0.15) is 30.3 Å². The average molecular weight is 471 g/mol. The molecule has 1 saturated heterocycles. The number of carbonyl (C=O) groups excluding carboxylic acids is 2. The molecule has 1 fully saturated rings. The van der Waals surface area contributed by atoms with E-state index in [-0.39, 0.29) is 49.6 Å². The molecular weight excluding hydrogens is 440 g/mol. The van der Waals surface area contributed by atoms with Gasteiger partial charge in [-0.05, 0) is 30.7 Å². The Bertz CT molecular complexity index is 1030. The molecule has 0 radical (unpaired) electrons. The van der Waals surface area contributed by atoms with Gasteiger partial charge in [-0.2, -0.15) is 0 Å². The van der Waals surface area contributed by atoms with Crippen molar-refractivity contribution in [3.05, 3.63) is 53.6 Å². The number of ether oxygens (including phenoxy) is 4. The molecule has 34 heavy (non-hydrogen) atoms. The Kier molecular flexibility index (Phi) is 7.66. The molecule has 9 heteroatoms. The molecule has 2 aliphatic heterocycles. The Morgan fingerprint density at radius 2 is 1.97 bits per heavy atom. The maximum Gasteiger partial charge on any atom is 0.250 e. The number of rotatable bonds is 9. The van der Waals surface area contributed by atoms with Crippen LogP contribution in [0.3, 0.4) is 0 Å². The molecule has 0 aromatic heterocycles. The average Bonchev–Trinajstić information content (AvgIpc) is 3.20. The van der Waals surface area contributed by atoms with E-state index in [1.165, 1.54) is 7.11 Å². The summed E-state index contributed by atoms with van der Waals surface area (Å²) in [5.41, 5.74) is 2.46. The second-order valence-electron chi connectivity index (χ2n) is 8.43. The number of methoxy groups -OCH3 is 2. The molecule has 9 nitrogen and oxygen atoms in total. The van der Waals surface area contributed by atoms with Gasteiger partial charge in [-0.15, -0.1) is 0 Å². The van der Waals surface area contributed by atoms with Gasteiger partial charge in [0.25, 0.3) is 0 Å². The predicted octanol–water partition coefficient (Wildman–Crippen LogP) is 1.98. The Labute approximate surface area is 198 Å². The maximum absolute atomic E-state index is 12.7. The highest BCUT2D eigenvalue weighted by Gasteiger charge is 2.46. The van der Waals surface area contributed by atoms with Crippen molar-refractivity contribution in [3.8, 4) is 11.5 Å². The number of aliphatic hydroxyl groups excluding tert-OH is 1. The van der Waals surface area contributed by atoms with Gasteiger partial charge in [0.05, 0.1) is 26.2 Å². The van der Waals surface area contributed by atoms with Gasteiger partial charge in [0.2, 0.25) is 11.8 Å². The van der Waals surface area contributed by atoms with E-state index >= 15 is 0 Å². The summed E-state index contributed by atoms with van der Waals surface area (Å²) in [6, 6.07) is 13.0. The lowest BCUT2D eigenvalue weighted by Gasteiger charge is -2.37. The van der Waals surface area contributed by atoms with Gasteiger partial charge in [0.15, 0.2) is 0 Å². The van der Waals surface area contributed by atoms with E-state index in [2.05, 4.69) is 10.6 Å². The van der Waals surface area contributed by atoms with Crippen molar-refractivity contribution in [1.29, 1.82) is 0 Å². The molecule has 0 saturated carbocycles. The van der Waals surface area contributed by atoms with Crippen molar-refractivity contribution in [2.75, 3.05) is 32.8 Å². The number of hydrogen-bond acceptors (Lipinski definition) is 7. The molecule has 2 aromatic rings. The minimum Gasteiger partial charge on any atom is -0.496 e. The smallest absolute Gasteiger partial charge is 0.250 e. The third kappa shape index (κ3) is 5.32. The number of anilines is 1. The lowest BCUT2D eigenvalue weighted by atomic mass is 9.84. The molecular formula is C25H30N2O7. The van der Waals surface area contributed by atoms with E-state index in [1.54, 1.807) is 19.2 Å². The molecule has 0 bridgehead atoms. The third-order valence-electron chi connectivity index (χ3n) is 6.14. The number of aliphatic hydroxyl groups is 1. The number of hydrogen-bond donors (Lipinski definition) is 3. The molecule has 182 valence electrons. The van der Waals surface area contributed by atoms with E-state index < -0.39 is 6.10 Å². The molecule has 4 rings (SSSR count). The first-order chi connectivity index (χ1) is 16.5. The molecule has 2 aromatic carbocycles. The normalized spacial score (nSPS) is 22.8.